The van der Waals surface area contributed by atoms with Gasteiger partial charge in [0.25, 0.3) is 0 Å². The second-order valence-electron chi connectivity index (χ2n) is 6.18. The summed E-state index contributed by atoms with van der Waals surface area (Å²) >= 11 is 6.25. The minimum atomic E-state index is -0.138. The monoisotopic (exact) mass is 283 g/mol. The largest absolute Gasteiger partial charge is 0.395 e. The van der Waals surface area contributed by atoms with Gasteiger partial charge in [0.05, 0.1) is 6.61 Å². The molecule has 0 atom stereocenters. The Morgan fingerprint density at radius 1 is 1.32 bits per heavy atom. The van der Waals surface area contributed by atoms with Crippen LogP contribution in [0.3, 0.4) is 0 Å². The normalized spacial score (nSPS) is 15.7. The van der Waals surface area contributed by atoms with Crippen LogP contribution in [0.5, 0.6) is 0 Å². The Labute approximate surface area is 119 Å². The van der Waals surface area contributed by atoms with Crippen LogP contribution in [0.25, 0.3) is 0 Å². The van der Waals surface area contributed by atoms with E-state index in [-0.39, 0.29) is 12.0 Å². The van der Waals surface area contributed by atoms with Crippen LogP contribution in [-0.2, 0) is 5.41 Å². The highest BCUT2D eigenvalue weighted by Crippen LogP contribution is 2.35. The number of halogens is 1. The zero-order valence-electron chi connectivity index (χ0n) is 12.1. The van der Waals surface area contributed by atoms with Crippen molar-refractivity contribution in [1.82, 2.24) is 9.97 Å². The van der Waals surface area contributed by atoms with Crippen molar-refractivity contribution in [3.8, 4) is 0 Å². The zero-order valence-corrected chi connectivity index (χ0v) is 12.8. The minimum Gasteiger partial charge on any atom is -0.395 e. The lowest BCUT2D eigenvalue weighted by atomic mass is 9.95. The van der Waals surface area contributed by atoms with Crippen LogP contribution in [-0.4, -0.2) is 34.3 Å². The summed E-state index contributed by atoms with van der Waals surface area (Å²) in [4.78, 5) is 11.3. The lowest BCUT2D eigenvalue weighted by Gasteiger charge is -2.27. The van der Waals surface area contributed by atoms with Crippen LogP contribution in [0.4, 0.5) is 5.82 Å². The third-order valence-electron chi connectivity index (χ3n) is 3.33. The summed E-state index contributed by atoms with van der Waals surface area (Å²) < 4.78 is 0. The van der Waals surface area contributed by atoms with E-state index in [1.54, 1.807) is 0 Å². The summed E-state index contributed by atoms with van der Waals surface area (Å²) in [5.41, 5.74) is 0.760. The SMILES string of the molecule is Cc1c(Cl)nc(C(C)(C)C)nc1N(CCO)C1CC1. The molecule has 1 N–H and O–H groups in total. The van der Waals surface area contributed by atoms with Gasteiger partial charge in [-0.15, -0.1) is 0 Å². The number of aliphatic hydroxyl groups excluding tert-OH is 1. The maximum Gasteiger partial charge on any atom is 0.137 e. The Bertz CT molecular complexity index is 466. The van der Waals surface area contributed by atoms with Gasteiger partial charge < -0.3 is 10.0 Å². The number of aromatic nitrogens is 2. The number of nitrogens with zero attached hydrogens (tertiary/aromatic N) is 3. The molecule has 106 valence electrons. The molecule has 0 bridgehead atoms. The molecule has 19 heavy (non-hydrogen) atoms. The first kappa shape index (κ1) is 14.5. The highest BCUT2D eigenvalue weighted by atomic mass is 35.5. The molecule has 0 unspecified atom stereocenters. The second kappa shape index (κ2) is 5.25. The zero-order chi connectivity index (χ0) is 14.2. The van der Waals surface area contributed by atoms with E-state index in [0.29, 0.717) is 17.7 Å². The summed E-state index contributed by atoms with van der Waals surface area (Å²) in [5.74, 6) is 1.63. The van der Waals surface area contributed by atoms with Crippen LogP contribution >= 0.6 is 11.6 Å². The maximum absolute atomic E-state index is 9.25. The summed E-state index contributed by atoms with van der Waals surface area (Å²) in [6.07, 6.45) is 2.32. The molecule has 0 aromatic carbocycles. The van der Waals surface area contributed by atoms with Crippen LogP contribution in [0, 0.1) is 6.92 Å². The predicted octanol–water partition coefficient (Wildman–Crippen LogP) is 2.70. The number of rotatable bonds is 4. The van der Waals surface area contributed by atoms with Gasteiger partial charge in [-0.05, 0) is 19.8 Å². The molecule has 4 nitrogen and oxygen atoms in total. The summed E-state index contributed by atoms with van der Waals surface area (Å²) in [5, 5.41) is 9.76. The Morgan fingerprint density at radius 2 is 1.95 bits per heavy atom. The molecule has 0 saturated heterocycles. The van der Waals surface area contributed by atoms with Crippen molar-refractivity contribution in [1.29, 1.82) is 0 Å². The van der Waals surface area contributed by atoms with E-state index in [9.17, 15) is 5.11 Å². The van der Waals surface area contributed by atoms with Crippen LogP contribution < -0.4 is 4.90 Å². The van der Waals surface area contributed by atoms with E-state index in [4.69, 9.17) is 16.6 Å². The third kappa shape index (κ3) is 3.18. The average Bonchev–Trinajstić information content (AvgIpc) is 3.12. The Hall–Kier alpha value is -0.870. The summed E-state index contributed by atoms with van der Waals surface area (Å²) in [7, 11) is 0. The first-order chi connectivity index (χ1) is 8.84. The van der Waals surface area contributed by atoms with Crippen LogP contribution in [0.15, 0.2) is 0 Å². The Morgan fingerprint density at radius 3 is 2.42 bits per heavy atom. The van der Waals surface area contributed by atoms with Crippen molar-refractivity contribution < 1.29 is 5.11 Å². The lowest BCUT2D eigenvalue weighted by molar-refractivity contribution is 0.301. The molecule has 2 rings (SSSR count). The smallest absolute Gasteiger partial charge is 0.137 e. The first-order valence-electron chi connectivity index (χ1n) is 6.76. The van der Waals surface area contributed by atoms with Gasteiger partial charge in [-0.25, -0.2) is 9.97 Å². The molecule has 1 aromatic heterocycles. The molecule has 1 heterocycles. The number of hydrogen-bond acceptors (Lipinski definition) is 4. The molecular formula is C14H22ClN3O. The summed E-state index contributed by atoms with van der Waals surface area (Å²) in [6.45, 7) is 8.89. The van der Waals surface area contributed by atoms with Crippen molar-refractivity contribution in [2.75, 3.05) is 18.1 Å². The minimum absolute atomic E-state index is 0.127. The molecule has 1 fully saturated rings. The number of aliphatic hydroxyl groups is 1. The fourth-order valence-corrected chi connectivity index (χ4v) is 2.21. The highest BCUT2D eigenvalue weighted by molar-refractivity contribution is 6.30. The standard InChI is InChI=1S/C14H22ClN3O/c1-9-11(15)16-13(14(2,3)4)17-12(9)18(7-8-19)10-5-6-10/h10,19H,5-8H2,1-4H3. The molecule has 1 saturated carbocycles. The fraction of sp³-hybridized carbons (Fsp3) is 0.714. The third-order valence-corrected chi connectivity index (χ3v) is 3.70. The quantitative estimate of drug-likeness (QED) is 0.863. The summed E-state index contributed by atoms with van der Waals surface area (Å²) in [6, 6.07) is 0.490. The maximum atomic E-state index is 9.25. The fourth-order valence-electron chi connectivity index (χ4n) is 2.05. The van der Waals surface area contributed by atoms with E-state index in [1.165, 1.54) is 0 Å². The molecule has 0 aliphatic heterocycles. The van der Waals surface area contributed by atoms with Crippen molar-refractivity contribution in [2.45, 2.75) is 52.0 Å². The molecule has 5 heteroatoms. The van der Waals surface area contributed by atoms with Crippen molar-refractivity contribution >= 4 is 17.4 Å². The second-order valence-corrected chi connectivity index (χ2v) is 6.54. The van der Waals surface area contributed by atoms with Gasteiger partial charge in [0, 0.05) is 23.6 Å². The van der Waals surface area contributed by atoms with E-state index in [2.05, 4.69) is 30.7 Å². The molecule has 1 aliphatic rings. The van der Waals surface area contributed by atoms with E-state index in [1.807, 2.05) is 6.92 Å². The Balaban J connectivity index is 2.45. The first-order valence-corrected chi connectivity index (χ1v) is 7.14. The molecular weight excluding hydrogens is 262 g/mol. The van der Waals surface area contributed by atoms with Crippen LogP contribution in [0.1, 0.15) is 45.0 Å². The van der Waals surface area contributed by atoms with Gasteiger partial charge in [-0.1, -0.05) is 32.4 Å². The van der Waals surface area contributed by atoms with Gasteiger partial charge in [0.2, 0.25) is 0 Å². The predicted molar refractivity (Wildman–Crippen MR) is 77.9 cm³/mol. The molecule has 0 spiro atoms. The van der Waals surface area contributed by atoms with Gasteiger partial charge in [-0.2, -0.15) is 0 Å². The van der Waals surface area contributed by atoms with E-state index in [0.717, 1.165) is 30.0 Å². The Kier molecular flexibility index (Phi) is 4.02. The molecule has 1 aliphatic carbocycles. The molecule has 1 aromatic rings. The lowest BCUT2D eigenvalue weighted by Crippen LogP contribution is -2.32. The van der Waals surface area contributed by atoms with Crippen molar-refractivity contribution in [2.24, 2.45) is 0 Å². The number of hydrogen-bond donors (Lipinski definition) is 1. The topological polar surface area (TPSA) is 49.2 Å². The van der Waals surface area contributed by atoms with E-state index < -0.39 is 0 Å². The van der Waals surface area contributed by atoms with Gasteiger partial charge >= 0.3 is 0 Å². The van der Waals surface area contributed by atoms with Gasteiger partial charge in [0.1, 0.15) is 16.8 Å². The van der Waals surface area contributed by atoms with E-state index >= 15 is 0 Å². The van der Waals surface area contributed by atoms with Gasteiger partial charge in [0.15, 0.2) is 0 Å². The molecule has 0 amide bonds. The highest BCUT2D eigenvalue weighted by Gasteiger charge is 2.32. The molecule has 0 radical (unpaired) electrons. The van der Waals surface area contributed by atoms with Crippen molar-refractivity contribution in [3.63, 3.8) is 0 Å². The number of anilines is 1. The average molecular weight is 284 g/mol. The van der Waals surface area contributed by atoms with Gasteiger partial charge in [-0.3, -0.25) is 0 Å². The van der Waals surface area contributed by atoms with Crippen LogP contribution in [0.2, 0.25) is 5.15 Å². The van der Waals surface area contributed by atoms with Crippen molar-refractivity contribution in [3.05, 3.63) is 16.5 Å².